The van der Waals surface area contributed by atoms with Crippen molar-refractivity contribution in [3.63, 3.8) is 0 Å². The summed E-state index contributed by atoms with van der Waals surface area (Å²) < 4.78 is 1.69. The molecule has 1 aromatic rings. The number of rotatable bonds is 1. The van der Waals surface area contributed by atoms with Gasteiger partial charge in [0, 0.05) is 12.8 Å². The van der Waals surface area contributed by atoms with Crippen LogP contribution in [0.5, 0.6) is 0 Å². The summed E-state index contributed by atoms with van der Waals surface area (Å²) in [6.45, 7) is 6.51. The molecule has 15 heavy (non-hydrogen) atoms. The maximum atomic E-state index is 9.73. The summed E-state index contributed by atoms with van der Waals surface area (Å²) in [4.78, 5) is 4.48. The molecule has 0 aromatic carbocycles. The summed E-state index contributed by atoms with van der Waals surface area (Å²) in [5.41, 5.74) is 0.197. The lowest BCUT2D eigenvalue weighted by molar-refractivity contribution is 0.0642. The van der Waals surface area contributed by atoms with Crippen molar-refractivity contribution in [1.29, 1.82) is 0 Å². The molecule has 1 N–H and O–H groups in total. The second-order valence-electron chi connectivity index (χ2n) is 5.50. The van der Waals surface area contributed by atoms with Gasteiger partial charge in [0.2, 0.25) is 0 Å². The van der Waals surface area contributed by atoms with Crippen molar-refractivity contribution in [2.75, 3.05) is 0 Å². The number of aliphatic hydroxyl groups excluding tert-OH is 1. The first kappa shape index (κ1) is 10.6. The van der Waals surface area contributed by atoms with Crippen molar-refractivity contribution in [2.45, 2.75) is 52.7 Å². The van der Waals surface area contributed by atoms with Gasteiger partial charge in [0.05, 0.1) is 0 Å². The zero-order valence-corrected chi connectivity index (χ0v) is 9.69. The van der Waals surface area contributed by atoms with Crippen LogP contribution in [-0.4, -0.2) is 19.9 Å². The van der Waals surface area contributed by atoms with Gasteiger partial charge < -0.3 is 5.11 Å². The minimum absolute atomic E-state index is 0.197. The fraction of sp³-hybridized carbons (Fsp3) is 0.818. The Bertz CT molecular complexity index is 351. The first-order chi connectivity index (χ1) is 6.96. The van der Waals surface area contributed by atoms with E-state index in [1.54, 1.807) is 4.68 Å². The predicted octanol–water partition coefficient (Wildman–Crippen LogP) is 1.69. The number of nitrogens with zero attached hydrogens (tertiary/aromatic N) is 3. The van der Waals surface area contributed by atoms with Crippen LogP contribution in [0.1, 0.15) is 51.5 Å². The zero-order valence-electron chi connectivity index (χ0n) is 9.69. The van der Waals surface area contributed by atoms with Gasteiger partial charge in [0.25, 0.3) is 0 Å². The van der Waals surface area contributed by atoms with E-state index in [1.807, 2.05) is 0 Å². The number of hydrogen-bond acceptors (Lipinski definition) is 3. The molecule has 1 aliphatic rings. The number of fused-ring (bicyclic) bond motifs is 1. The Morgan fingerprint density at radius 1 is 1.47 bits per heavy atom. The molecule has 84 valence electrons. The largest absolute Gasteiger partial charge is 0.372 e. The molecule has 1 aliphatic heterocycles. The van der Waals surface area contributed by atoms with E-state index in [4.69, 9.17) is 0 Å². The smallest absolute Gasteiger partial charge is 0.151 e. The molecule has 0 bridgehead atoms. The fourth-order valence-corrected chi connectivity index (χ4v) is 1.93. The summed E-state index contributed by atoms with van der Waals surface area (Å²) in [5, 5.41) is 14.1. The molecule has 0 spiro atoms. The molecule has 2 rings (SSSR count). The number of aryl methyl sites for hydroxylation is 1. The van der Waals surface area contributed by atoms with Gasteiger partial charge in [-0.1, -0.05) is 20.8 Å². The predicted molar refractivity (Wildman–Crippen MR) is 57.4 cm³/mol. The molecule has 0 radical (unpaired) electrons. The van der Waals surface area contributed by atoms with Gasteiger partial charge in [-0.15, -0.1) is 0 Å². The summed E-state index contributed by atoms with van der Waals surface area (Å²) >= 11 is 0. The van der Waals surface area contributed by atoms with E-state index >= 15 is 0 Å². The third-order valence-corrected chi connectivity index (χ3v) is 2.58. The summed E-state index contributed by atoms with van der Waals surface area (Å²) in [7, 11) is 0. The highest BCUT2D eigenvalue weighted by Crippen LogP contribution is 2.23. The van der Waals surface area contributed by atoms with E-state index < -0.39 is 6.23 Å². The Labute approximate surface area is 90.3 Å². The maximum absolute atomic E-state index is 9.73. The van der Waals surface area contributed by atoms with Crippen molar-refractivity contribution in [1.82, 2.24) is 14.8 Å². The molecule has 4 heteroatoms. The van der Waals surface area contributed by atoms with Gasteiger partial charge >= 0.3 is 0 Å². The van der Waals surface area contributed by atoms with Crippen molar-refractivity contribution >= 4 is 0 Å². The van der Waals surface area contributed by atoms with Crippen molar-refractivity contribution < 1.29 is 5.11 Å². The third kappa shape index (κ3) is 2.37. The maximum Gasteiger partial charge on any atom is 0.151 e. The molecule has 0 amide bonds. The van der Waals surface area contributed by atoms with E-state index in [0.29, 0.717) is 0 Å². The number of aliphatic hydroxyl groups is 1. The van der Waals surface area contributed by atoms with E-state index in [-0.39, 0.29) is 5.41 Å². The SMILES string of the molecule is CC(C)(C)Cc1nc2n(n1)C(O)CCC2. The van der Waals surface area contributed by atoms with Crippen LogP contribution < -0.4 is 0 Å². The molecule has 1 atom stereocenters. The summed E-state index contributed by atoms with van der Waals surface area (Å²) in [6.07, 6.45) is 3.14. The average molecular weight is 209 g/mol. The lowest BCUT2D eigenvalue weighted by Crippen LogP contribution is -2.18. The van der Waals surface area contributed by atoms with Crippen LogP contribution in [0.25, 0.3) is 0 Å². The van der Waals surface area contributed by atoms with Crippen LogP contribution in [-0.2, 0) is 12.8 Å². The minimum Gasteiger partial charge on any atom is -0.372 e. The lowest BCUT2D eigenvalue weighted by atomic mass is 9.92. The Morgan fingerprint density at radius 3 is 2.80 bits per heavy atom. The van der Waals surface area contributed by atoms with E-state index in [9.17, 15) is 5.11 Å². The van der Waals surface area contributed by atoms with Crippen molar-refractivity contribution in [3.05, 3.63) is 11.6 Å². The summed E-state index contributed by atoms with van der Waals surface area (Å²) in [6, 6.07) is 0. The third-order valence-electron chi connectivity index (χ3n) is 2.58. The van der Waals surface area contributed by atoms with Crippen LogP contribution in [0.4, 0.5) is 0 Å². The van der Waals surface area contributed by atoms with Gasteiger partial charge in [0.1, 0.15) is 12.1 Å². The molecule has 0 saturated heterocycles. The van der Waals surface area contributed by atoms with Crippen LogP contribution >= 0.6 is 0 Å². The molecule has 1 unspecified atom stereocenters. The lowest BCUT2D eigenvalue weighted by Gasteiger charge is -2.17. The second kappa shape index (κ2) is 3.59. The van der Waals surface area contributed by atoms with Crippen LogP contribution in [0.15, 0.2) is 0 Å². The monoisotopic (exact) mass is 209 g/mol. The molecular formula is C11H19N3O. The fourth-order valence-electron chi connectivity index (χ4n) is 1.93. The van der Waals surface area contributed by atoms with E-state index in [2.05, 4.69) is 30.9 Å². The quantitative estimate of drug-likeness (QED) is 0.765. The number of hydrogen-bond donors (Lipinski definition) is 1. The van der Waals surface area contributed by atoms with Crippen molar-refractivity contribution in [3.8, 4) is 0 Å². The van der Waals surface area contributed by atoms with Gasteiger partial charge in [0.15, 0.2) is 5.82 Å². The van der Waals surface area contributed by atoms with Crippen LogP contribution in [0.2, 0.25) is 0 Å². The van der Waals surface area contributed by atoms with E-state index in [1.165, 1.54) is 0 Å². The highest BCUT2D eigenvalue weighted by molar-refractivity contribution is 4.98. The Balaban J connectivity index is 2.22. The number of aromatic nitrogens is 3. The average Bonchev–Trinajstić information content (AvgIpc) is 2.45. The van der Waals surface area contributed by atoms with Gasteiger partial charge in [-0.3, -0.25) is 0 Å². The Kier molecular flexibility index (Phi) is 2.54. The Hall–Kier alpha value is -0.900. The van der Waals surface area contributed by atoms with Gasteiger partial charge in [-0.25, -0.2) is 9.67 Å². The molecule has 0 saturated carbocycles. The molecule has 1 aromatic heterocycles. The molecule has 0 aliphatic carbocycles. The highest BCUT2D eigenvalue weighted by Gasteiger charge is 2.23. The molecule has 2 heterocycles. The molecular weight excluding hydrogens is 190 g/mol. The van der Waals surface area contributed by atoms with Crippen molar-refractivity contribution in [2.24, 2.45) is 5.41 Å². The summed E-state index contributed by atoms with van der Waals surface area (Å²) in [5.74, 6) is 1.80. The minimum atomic E-state index is -0.463. The van der Waals surface area contributed by atoms with Gasteiger partial charge in [-0.2, -0.15) is 5.10 Å². The first-order valence-electron chi connectivity index (χ1n) is 5.58. The Morgan fingerprint density at radius 2 is 2.20 bits per heavy atom. The van der Waals surface area contributed by atoms with Crippen LogP contribution in [0, 0.1) is 5.41 Å². The zero-order chi connectivity index (χ0) is 11.1. The topological polar surface area (TPSA) is 50.9 Å². The van der Waals surface area contributed by atoms with Crippen LogP contribution in [0.3, 0.4) is 0 Å². The molecule has 0 fully saturated rings. The van der Waals surface area contributed by atoms with E-state index in [0.717, 1.165) is 37.3 Å². The normalized spacial score (nSPS) is 21.5. The second-order valence-corrected chi connectivity index (χ2v) is 5.50. The molecule has 4 nitrogen and oxygen atoms in total. The highest BCUT2D eigenvalue weighted by atomic mass is 16.3. The first-order valence-corrected chi connectivity index (χ1v) is 5.58. The standard InChI is InChI=1S/C11H19N3O/c1-11(2,3)7-8-12-9-5-4-6-10(15)14(9)13-8/h10,15H,4-7H2,1-3H3. The van der Waals surface area contributed by atoms with Gasteiger partial charge in [-0.05, 0) is 18.3 Å².